The number of aryl methyl sites for hydroxylation is 2. The number of carbonyl (C=O) groups is 2. The van der Waals surface area contributed by atoms with E-state index in [0.717, 1.165) is 23.5 Å². The summed E-state index contributed by atoms with van der Waals surface area (Å²) in [6, 6.07) is 10.3. The SMILES string of the molecule is CCc1ccc(N(C(C)=O)c2nc(COC(=O)c3cc(C)n(C4CC4)c3C)cs2)cc1. The molecule has 0 bridgehead atoms. The summed E-state index contributed by atoms with van der Waals surface area (Å²) in [7, 11) is 0. The van der Waals surface area contributed by atoms with Crippen LogP contribution in [0.3, 0.4) is 0 Å². The Bertz CT molecular complexity index is 1110. The molecule has 1 fully saturated rings. The van der Waals surface area contributed by atoms with Crippen LogP contribution in [0.2, 0.25) is 0 Å². The van der Waals surface area contributed by atoms with E-state index in [9.17, 15) is 9.59 Å². The zero-order chi connectivity index (χ0) is 22.1. The number of rotatable bonds is 7. The molecule has 1 aliphatic carbocycles. The molecule has 0 N–H and O–H groups in total. The topological polar surface area (TPSA) is 64.4 Å². The molecule has 0 saturated heterocycles. The number of amides is 1. The number of anilines is 2. The largest absolute Gasteiger partial charge is 0.455 e. The van der Waals surface area contributed by atoms with Crippen molar-refractivity contribution in [1.82, 2.24) is 9.55 Å². The second-order valence-electron chi connectivity index (χ2n) is 7.96. The Morgan fingerprint density at radius 2 is 1.94 bits per heavy atom. The minimum Gasteiger partial charge on any atom is -0.455 e. The van der Waals surface area contributed by atoms with Gasteiger partial charge in [0.15, 0.2) is 5.13 Å². The quantitative estimate of drug-likeness (QED) is 0.458. The highest BCUT2D eigenvalue weighted by molar-refractivity contribution is 7.14. The number of thiazole rings is 1. The van der Waals surface area contributed by atoms with Gasteiger partial charge in [-0.05, 0) is 56.9 Å². The first-order valence-electron chi connectivity index (χ1n) is 10.6. The van der Waals surface area contributed by atoms with Crippen molar-refractivity contribution in [1.29, 1.82) is 0 Å². The third-order valence-electron chi connectivity index (χ3n) is 5.62. The van der Waals surface area contributed by atoms with E-state index < -0.39 is 0 Å². The zero-order valence-electron chi connectivity index (χ0n) is 18.3. The van der Waals surface area contributed by atoms with E-state index in [1.54, 1.807) is 4.90 Å². The van der Waals surface area contributed by atoms with E-state index in [2.05, 4.69) is 16.5 Å². The average molecular weight is 438 g/mol. The van der Waals surface area contributed by atoms with Crippen molar-refractivity contribution in [3.05, 3.63) is 63.9 Å². The van der Waals surface area contributed by atoms with Crippen LogP contribution in [0, 0.1) is 13.8 Å². The Morgan fingerprint density at radius 3 is 2.55 bits per heavy atom. The fraction of sp³-hybridized carbons (Fsp3) is 0.375. The number of esters is 1. The highest BCUT2D eigenvalue weighted by atomic mass is 32.1. The second-order valence-corrected chi connectivity index (χ2v) is 8.79. The van der Waals surface area contributed by atoms with E-state index >= 15 is 0 Å². The van der Waals surface area contributed by atoms with E-state index in [1.165, 1.54) is 36.7 Å². The monoisotopic (exact) mass is 437 g/mol. The maximum atomic E-state index is 12.7. The van der Waals surface area contributed by atoms with E-state index in [0.29, 0.717) is 22.4 Å². The first-order valence-corrected chi connectivity index (χ1v) is 11.5. The fourth-order valence-corrected chi connectivity index (χ4v) is 4.74. The summed E-state index contributed by atoms with van der Waals surface area (Å²) in [5.41, 5.74) is 5.27. The maximum absolute atomic E-state index is 12.7. The molecule has 0 atom stereocenters. The summed E-state index contributed by atoms with van der Waals surface area (Å²) in [6.45, 7) is 7.68. The third kappa shape index (κ3) is 4.42. The van der Waals surface area contributed by atoms with Crippen LogP contribution >= 0.6 is 11.3 Å². The number of aromatic nitrogens is 2. The van der Waals surface area contributed by atoms with E-state index in [4.69, 9.17) is 4.74 Å². The smallest absolute Gasteiger partial charge is 0.340 e. The standard InChI is InChI=1S/C24H27N3O3S/c1-5-18-6-8-21(9-7-18)27(17(4)28)24-25-19(14-31-24)13-30-23(29)22-12-15(2)26(16(22)3)20-10-11-20/h6-9,12,14,20H,5,10-11,13H2,1-4H3. The van der Waals surface area contributed by atoms with Crippen LogP contribution in [0.4, 0.5) is 10.8 Å². The number of hydrogen-bond donors (Lipinski definition) is 0. The lowest BCUT2D eigenvalue weighted by molar-refractivity contribution is -0.115. The first-order chi connectivity index (χ1) is 14.9. The lowest BCUT2D eigenvalue weighted by Crippen LogP contribution is -2.22. The highest BCUT2D eigenvalue weighted by Gasteiger charge is 2.29. The Hall–Kier alpha value is -2.93. The van der Waals surface area contributed by atoms with Gasteiger partial charge in [0, 0.05) is 29.7 Å². The van der Waals surface area contributed by atoms with Gasteiger partial charge in [-0.2, -0.15) is 0 Å². The lowest BCUT2D eigenvalue weighted by Gasteiger charge is -2.18. The molecule has 7 heteroatoms. The van der Waals surface area contributed by atoms with Crippen molar-refractivity contribution in [2.24, 2.45) is 0 Å². The van der Waals surface area contributed by atoms with Gasteiger partial charge in [0.05, 0.1) is 16.9 Å². The van der Waals surface area contributed by atoms with Crippen LogP contribution in [-0.2, 0) is 22.6 Å². The molecule has 1 aromatic carbocycles. The molecular formula is C24H27N3O3S. The molecular weight excluding hydrogens is 410 g/mol. The van der Waals surface area contributed by atoms with Crippen molar-refractivity contribution < 1.29 is 14.3 Å². The summed E-state index contributed by atoms with van der Waals surface area (Å²) in [4.78, 5) is 31.1. The Morgan fingerprint density at radius 1 is 1.23 bits per heavy atom. The number of ether oxygens (including phenoxy) is 1. The summed E-state index contributed by atoms with van der Waals surface area (Å²) in [5.74, 6) is -0.456. The van der Waals surface area contributed by atoms with Gasteiger partial charge >= 0.3 is 5.97 Å². The lowest BCUT2D eigenvalue weighted by atomic mass is 10.1. The fourth-order valence-electron chi connectivity index (χ4n) is 3.87. The van der Waals surface area contributed by atoms with Crippen LogP contribution in [0.1, 0.15) is 65.7 Å². The molecule has 2 aromatic heterocycles. The van der Waals surface area contributed by atoms with Gasteiger partial charge in [0.2, 0.25) is 5.91 Å². The Kier molecular flexibility index (Phi) is 5.96. The first kappa shape index (κ1) is 21.3. The molecule has 0 aliphatic heterocycles. The van der Waals surface area contributed by atoms with Crippen molar-refractivity contribution >= 4 is 34.0 Å². The minimum absolute atomic E-state index is 0.0724. The molecule has 0 spiro atoms. The van der Waals surface area contributed by atoms with Crippen LogP contribution in [-0.4, -0.2) is 21.4 Å². The molecule has 0 radical (unpaired) electrons. The molecule has 2 heterocycles. The molecule has 4 rings (SSSR count). The van der Waals surface area contributed by atoms with Gasteiger partial charge in [-0.15, -0.1) is 11.3 Å². The van der Waals surface area contributed by atoms with Crippen LogP contribution in [0.25, 0.3) is 0 Å². The predicted octanol–water partition coefficient (Wildman–Crippen LogP) is 5.50. The normalized spacial score (nSPS) is 13.3. The predicted molar refractivity (Wildman–Crippen MR) is 122 cm³/mol. The highest BCUT2D eigenvalue weighted by Crippen LogP contribution is 2.38. The van der Waals surface area contributed by atoms with Gasteiger partial charge < -0.3 is 9.30 Å². The van der Waals surface area contributed by atoms with Gasteiger partial charge in [0.1, 0.15) is 6.61 Å². The van der Waals surface area contributed by atoms with Gasteiger partial charge in [0.25, 0.3) is 0 Å². The summed E-state index contributed by atoms with van der Waals surface area (Å²) in [5, 5.41) is 2.39. The van der Waals surface area contributed by atoms with Crippen LogP contribution < -0.4 is 4.90 Å². The van der Waals surface area contributed by atoms with Crippen molar-refractivity contribution in [3.8, 4) is 0 Å². The number of carbonyl (C=O) groups excluding carboxylic acids is 2. The molecule has 1 amide bonds. The van der Waals surface area contributed by atoms with Gasteiger partial charge in [-0.1, -0.05) is 19.1 Å². The maximum Gasteiger partial charge on any atom is 0.340 e. The number of nitrogens with zero attached hydrogens (tertiary/aromatic N) is 3. The summed E-state index contributed by atoms with van der Waals surface area (Å²) in [6.07, 6.45) is 3.27. The summed E-state index contributed by atoms with van der Waals surface area (Å²) >= 11 is 1.36. The van der Waals surface area contributed by atoms with Crippen LogP contribution in [0.15, 0.2) is 35.7 Å². The second kappa shape index (κ2) is 8.67. The zero-order valence-corrected chi connectivity index (χ0v) is 19.2. The Balaban J connectivity index is 1.46. The van der Waals surface area contributed by atoms with Crippen molar-refractivity contribution in [2.75, 3.05) is 4.90 Å². The average Bonchev–Trinajstić information content (AvgIpc) is 3.39. The van der Waals surface area contributed by atoms with Crippen molar-refractivity contribution in [2.45, 2.75) is 59.6 Å². The molecule has 6 nitrogen and oxygen atoms in total. The molecule has 1 saturated carbocycles. The van der Waals surface area contributed by atoms with E-state index in [1.807, 2.05) is 49.6 Å². The molecule has 31 heavy (non-hydrogen) atoms. The van der Waals surface area contributed by atoms with E-state index in [-0.39, 0.29) is 18.5 Å². The number of hydrogen-bond acceptors (Lipinski definition) is 5. The number of benzene rings is 1. The van der Waals surface area contributed by atoms with Crippen molar-refractivity contribution in [3.63, 3.8) is 0 Å². The molecule has 0 unspecified atom stereocenters. The molecule has 3 aromatic rings. The third-order valence-corrected chi connectivity index (χ3v) is 6.49. The minimum atomic E-state index is -0.340. The summed E-state index contributed by atoms with van der Waals surface area (Å²) < 4.78 is 7.77. The van der Waals surface area contributed by atoms with Gasteiger partial charge in [-0.25, -0.2) is 9.78 Å². The van der Waals surface area contributed by atoms with Crippen LogP contribution in [0.5, 0.6) is 0 Å². The molecule has 1 aliphatic rings. The van der Waals surface area contributed by atoms with Gasteiger partial charge in [-0.3, -0.25) is 9.69 Å². The molecule has 162 valence electrons. The Labute approximate surface area is 186 Å².